The Hall–Kier alpha value is -1.70. The first-order valence-electron chi connectivity index (χ1n) is 6.61. The number of hydrogen-bond donors (Lipinski definition) is 2. The van der Waals surface area contributed by atoms with Crippen LogP contribution in [0, 0.1) is 0 Å². The van der Waals surface area contributed by atoms with Gasteiger partial charge < -0.3 is 20.4 Å². The molecule has 2 aliphatic rings. The molecule has 2 saturated heterocycles. The summed E-state index contributed by atoms with van der Waals surface area (Å²) in [5.41, 5.74) is 0. The van der Waals surface area contributed by atoms with Crippen LogP contribution in [0.2, 0.25) is 0 Å². The van der Waals surface area contributed by atoms with Crippen LogP contribution < -0.4 is 15.5 Å². The number of anilines is 2. The molecule has 1 unspecified atom stereocenters. The number of hydrogen-bond acceptors (Lipinski definition) is 6. The third-order valence-electron chi connectivity index (χ3n) is 3.69. The number of carbonyl (C=O) groups excluding carboxylic acids is 1. The van der Waals surface area contributed by atoms with Crippen molar-refractivity contribution >= 4 is 29.4 Å². The van der Waals surface area contributed by atoms with E-state index in [1.165, 1.54) is 11.8 Å². The number of aromatic nitrogens is 2. The van der Waals surface area contributed by atoms with Gasteiger partial charge in [-0.2, -0.15) is 0 Å². The maximum atomic E-state index is 11.6. The zero-order valence-electron chi connectivity index (χ0n) is 11.6. The summed E-state index contributed by atoms with van der Waals surface area (Å²) in [4.78, 5) is 24.7. The average molecular weight is 294 g/mol. The highest BCUT2D eigenvalue weighted by atomic mass is 32.2. The Bertz CT molecular complexity index is 502. The number of thioether (sulfide) groups is 1. The molecular formula is C12H18N6OS. The lowest BCUT2D eigenvalue weighted by Crippen LogP contribution is -2.52. The summed E-state index contributed by atoms with van der Waals surface area (Å²) in [5.74, 6) is 1.75. The number of nitrogens with one attached hydrogen (secondary N) is 2. The second-order valence-corrected chi connectivity index (χ2v) is 5.60. The Balaban J connectivity index is 1.81. The van der Waals surface area contributed by atoms with Crippen LogP contribution in [0.4, 0.5) is 16.4 Å². The molecule has 7 nitrogen and oxygen atoms in total. The van der Waals surface area contributed by atoms with Gasteiger partial charge in [-0.25, -0.2) is 14.8 Å². The molecule has 2 N–H and O–H groups in total. The molecule has 0 saturated carbocycles. The predicted molar refractivity (Wildman–Crippen MR) is 79.5 cm³/mol. The smallest absolute Gasteiger partial charge is 0.317 e. The van der Waals surface area contributed by atoms with Crippen LogP contribution in [-0.2, 0) is 0 Å². The molecule has 2 fully saturated rings. The summed E-state index contributed by atoms with van der Waals surface area (Å²) in [6.45, 7) is 3.07. The van der Waals surface area contributed by atoms with Crippen molar-refractivity contribution < 1.29 is 4.79 Å². The summed E-state index contributed by atoms with van der Waals surface area (Å²) < 4.78 is 0. The molecule has 3 rings (SSSR count). The number of nitrogens with zero attached hydrogens (tertiary/aromatic N) is 4. The Morgan fingerprint density at radius 3 is 3.05 bits per heavy atom. The molecule has 0 aromatic carbocycles. The monoisotopic (exact) mass is 294 g/mol. The molecule has 2 aliphatic heterocycles. The molecule has 0 bridgehead atoms. The summed E-state index contributed by atoms with van der Waals surface area (Å²) in [6.07, 6.45) is 1.97. The van der Waals surface area contributed by atoms with E-state index < -0.39 is 0 Å². The Morgan fingerprint density at radius 1 is 1.45 bits per heavy atom. The number of amides is 2. The zero-order chi connectivity index (χ0) is 14.1. The van der Waals surface area contributed by atoms with Crippen molar-refractivity contribution in [3.63, 3.8) is 0 Å². The van der Waals surface area contributed by atoms with E-state index in [0.717, 1.165) is 36.4 Å². The van der Waals surface area contributed by atoms with Gasteiger partial charge in [0.15, 0.2) is 5.16 Å². The van der Waals surface area contributed by atoms with Gasteiger partial charge >= 0.3 is 6.03 Å². The van der Waals surface area contributed by atoms with Crippen LogP contribution in [0.25, 0.3) is 0 Å². The van der Waals surface area contributed by atoms with Crippen LogP contribution in [0.15, 0.2) is 11.2 Å². The highest BCUT2D eigenvalue weighted by molar-refractivity contribution is 7.98. The highest BCUT2D eigenvalue weighted by Crippen LogP contribution is 2.23. The van der Waals surface area contributed by atoms with Crippen molar-refractivity contribution in [1.82, 2.24) is 20.2 Å². The topological polar surface area (TPSA) is 73.4 Å². The summed E-state index contributed by atoms with van der Waals surface area (Å²) in [7, 11) is 1.85. The van der Waals surface area contributed by atoms with Crippen molar-refractivity contribution in [3.05, 3.63) is 6.07 Å². The van der Waals surface area contributed by atoms with E-state index >= 15 is 0 Å². The molecule has 1 atom stereocenters. The van der Waals surface area contributed by atoms with E-state index in [9.17, 15) is 4.79 Å². The molecule has 20 heavy (non-hydrogen) atoms. The molecule has 0 radical (unpaired) electrons. The first-order valence-corrected chi connectivity index (χ1v) is 7.84. The molecule has 0 spiro atoms. The van der Waals surface area contributed by atoms with Crippen LogP contribution in [0.3, 0.4) is 0 Å². The van der Waals surface area contributed by atoms with E-state index in [1.807, 2.05) is 24.3 Å². The molecule has 0 aliphatic carbocycles. The van der Waals surface area contributed by atoms with Gasteiger partial charge in [-0.15, -0.1) is 0 Å². The Labute approximate surface area is 122 Å². The molecule has 108 valence electrons. The second kappa shape index (κ2) is 5.35. The third kappa shape index (κ3) is 2.35. The van der Waals surface area contributed by atoms with Gasteiger partial charge in [-0.1, -0.05) is 11.8 Å². The molecule has 8 heteroatoms. The predicted octanol–water partition coefficient (Wildman–Crippen LogP) is 0.454. The minimum absolute atomic E-state index is 0.0538. The van der Waals surface area contributed by atoms with Gasteiger partial charge in [0.2, 0.25) is 0 Å². The maximum Gasteiger partial charge on any atom is 0.317 e. The Kier molecular flexibility index (Phi) is 3.56. The standard InChI is InChI=1S/C12H18N6OS/c1-13-9-5-10(16-11(15-9)20-2)17-3-4-18-8(7-17)6-14-12(18)19/h5,8H,3-4,6-7H2,1-2H3,(H,14,19)(H,13,15,16). The molecule has 3 heterocycles. The number of piperazine rings is 1. The van der Waals surface area contributed by atoms with Crippen LogP contribution >= 0.6 is 11.8 Å². The molecular weight excluding hydrogens is 276 g/mol. The van der Waals surface area contributed by atoms with Crippen LogP contribution in [0.1, 0.15) is 0 Å². The van der Waals surface area contributed by atoms with E-state index in [1.54, 1.807) is 0 Å². The Morgan fingerprint density at radius 2 is 2.30 bits per heavy atom. The quantitative estimate of drug-likeness (QED) is 0.623. The fourth-order valence-corrected chi connectivity index (χ4v) is 2.98. The van der Waals surface area contributed by atoms with Gasteiger partial charge in [0.25, 0.3) is 0 Å². The van der Waals surface area contributed by atoms with Crippen molar-refractivity contribution in [2.75, 3.05) is 49.7 Å². The van der Waals surface area contributed by atoms with Gasteiger partial charge in [-0.05, 0) is 6.26 Å². The number of rotatable bonds is 3. The molecule has 1 aromatic heterocycles. The number of urea groups is 1. The number of carbonyl (C=O) groups is 1. The summed E-state index contributed by atoms with van der Waals surface area (Å²) in [5, 5.41) is 6.72. The number of fused-ring (bicyclic) bond motifs is 1. The normalized spacial score (nSPS) is 21.7. The lowest BCUT2D eigenvalue weighted by molar-refractivity contribution is 0.197. The fraction of sp³-hybridized carbons (Fsp3) is 0.583. The molecule has 1 aromatic rings. The second-order valence-electron chi connectivity index (χ2n) is 4.83. The lowest BCUT2D eigenvalue weighted by atomic mass is 10.2. The van der Waals surface area contributed by atoms with Crippen molar-refractivity contribution in [2.45, 2.75) is 11.2 Å². The third-order valence-corrected chi connectivity index (χ3v) is 4.24. The van der Waals surface area contributed by atoms with Gasteiger partial charge in [0.1, 0.15) is 11.6 Å². The van der Waals surface area contributed by atoms with E-state index in [0.29, 0.717) is 6.54 Å². The SMILES string of the molecule is CNc1cc(N2CCN3C(=O)NCC3C2)nc(SC)n1. The highest BCUT2D eigenvalue weighted by Gasteiger charge is 2.35. The minimum atomic E-state index is 0.0538. The van der Waals surface area contributed by atoms with Gasteiger partial charge in [0.05, 0.1) is 6.04 Å². The van der Waals surface area contributed by atoms with Gasteiger partial charge in [-0.3, -0.25) is 0 Å². The first-order chi connectivity index (χ1) is 9.71. The maximum absolute atomic E-state index is 11.6. The van der Waals surface area contributed by atoms with Crippen molar-refractivity contribution in [3.8, 4) is 0 Å². The summed E-state index contributed by atoms with van der Waals surface area (Å²) >= 11 is 1.53. The first kappa shape index (κ1) is 13.3. The summed E-state index contributed by atoms with van der Waals surface area (Å²) in [6, 6.07) is 2.25. The van der Waals surface area contributed by atoms with E-state index in [-0.39, 0.29) is 12.1 Å². The van der Waals surface area contributed by atoms with Crippen LogP contribution in [-0.4, -0.2) is 66.4 Å². The fourth-order valence-electron chi connectivity index (χ4n) is 2.61. The van der Waals surface area contributed by atoms with E-state index in [4.69, 9.17) is 0 Å². The lowest BCUT2D eigenvalue weighted by Gasteiger charge is -2.37. The average Bonchev–Trinajstić information content (AvgIpc) is 2.87. The largest absolute Gasteiger partial charge is 0.373 e. The van der Waals surface area contributed by atoms with E-state index in [2.05, 4.69) is 25.5 Å². The zero-order valence-corrected chi connectivity index (χ0v) is 12.4. The molecule has 2 amide bonds. The minimum Gasteiger partial charge on any atom is -0.373 e. The van der Waals surface area contributed by atoms with Crippen molar-refractivity contribution in [1.29, 1.82) is 0 Å². The van der Waals surface area contributed by atoms with Crippen LogP contribution in [0.5, 0.6) is 0 Å². The van der Waals surface area contributed by atoms with Crippen molar-refractivity contribution in [2.24, 2.45) is 0 Å². The van der Waals surface area contributed by atoms with Gasteiger partial charge in [0, 0.05) is 39.3 Å².